The molecule has 6 nitrogen and oxygen atoms in total. The highest BCUT2D eigenvalue weighted by molar-refractivity contribution is 7.58. The molecule has 0 aliphatic carbocycles. The van der Waals surface area contributed by atoms with E-state index in [4.69, 9.17) is 9.79 Å². The van der Waals surface area contributed by atoms with Crippen LogP contribution in [0.4, 0.5) is 0 Å². The van der Waals surface area contributed by atoms with E-state index in [1.54, 1.807) is 0 Å². The summed E-state index contributed by atoms with van der Waals surface area (Å²) >= 11 is 0. The SMILES string of the molecule is C.CCCCNP(=O)(O)O[PH](=O)O. The summed E-state index contributed by atoms with van der Waals surface area (Å²) in [5, 5.41) is 2.15. The van der Waals surface area contributed by atoms with Crippen LogP contribution in [0.2, 0.25) is 0 Å². The molecule has 0 amide bonds. The normalized spacial score (nSPS) is 17.2. The van der Waals surface area contributed by atoms with Gasteiger partial charge in [-0.25, -0.2) is 14.0 Å². The van der Waals surface area contributed by atoms with Crippen molar-refractivity contribution in [2.45, 2.75) is 27.2 Å². The molecule has 0 aromatic carbocycles. The van der Waals surface area contributed by atoms with Crippen molar-refractivity contribution in [2.24, 2.45) is 0 Å². The van der Waals surface area contributed by atoms with Crippen LogP contribution in [-0.4, -0.2) is 16.3 Å². The van der Waals surface area contributed by atoms with Gasteiger partial charge in [-0.05, 0) is 6.42 Å². The summed E-state index contributed by atoms with van der Waals surface area (Å²) in [6.07, 6.45) is 1.57. The molecule has 0 aromatic heterocycles. The standard InChI is InChI=1S/C4H13NO5P2.CH4/c1-2-3-4-5-12(8,9)10-11(6)7;/h11H,2-4H2,1H3,(H,6,7)(H2,5,8,9);1H4. The van der Waals surface area contributed by atoms with Crippen molar-refractivity contribution < 1.29 is 23.2 Å². The molecule has 2 atom stereocenters. The van der Waals surface area contributed by atoms with Crippen LogP contribution in [0.5, 0.6) is 0 Å². The van der Waals surface area contributed by atoms with Crippen LogP contribution in [0.1, 0.15) is 27.2 Å². The Hall–Kier alpha value is 0.300. The molecule has 0 aromatic rings. The third kappa shape index (κ3) is 10.2. The second kappa shape index (κ2) is 7.68. The quantitative estimate of drug-likeness (QED) is 0.475. The van der Waals surface area contributed by atoms with Gasteiger partial charge in [-0.1, -0.05) is 20.8 Å². The van der Waals surface area contributed by atoms with Crippen molar-refractivity contribution in [2.75, 3.05) is 6.54 Å². The van der Waals surface area contributed by atoms with Crippen LogP contribution in [-0.2, 0) is 13.4 Å². The molecule has 13 heavy (non-hydrogen) atoms. The smallest absolute Gasteiger partial charge is 0.326 e. The molecular weight excluding hydrogens is 216 g/mol. The number of nitrogens with one attached hydrogen (secondary N) is 1. The molecule has 2 unspecified atom stereocenters. The fourth-order valence-corrected chi connectivity index (χ4v) is 2.08. The minimum absolute atomic E-state index is 0. The molecule has 3 N–H and O–H groups in total. The first kappa shape index (κ1) is 15.8. The molecule has 0 rings (SSSR count). The summed E-state index contributed by atoms with van der Waals surface area (Å²) in [7, 11) is -7.40. The summed E-state index contributed by atoms with van der Waals surface area (Å²) < 4.78 is 24.7. The fourth-order valence-electron chi connectivity index (χ4n) is 0.535. The van der Waals surface area contributed by atoms with Crippen molar-refractivity contribution in [3.05, 3.63) is 0 Å². The highest BCUT2D eigenvalue weighted by Crippen LogP contribution is 2.45. The maximum Gasteiger partial charge on any atom is 0.409 e. The molecule has 0 saturated heterocycles. The lowest BCUT2D eigenvalue weighted by Crippen LogP contribution is -2.11. The first-order valence-electron chi connectivity index (χ1n) is 3.48. The lowest BCUT2D eigenvalue weighted by atomic mass is 10.3. The highest BCUT2D eigenvalue weighted by atomic mass is 31.2. The van der Waals surface area contributed by atoms with Crippen LogP contribution in [0.25, 0.3) is 0 Å². The van der Waals surface area contributed by atoms with Crippen LogP contribution in [0.15, 0.2) is 0 Å². The van der Waals surface area contributed by atoms with Crippen LogP contribution in [0.3, 0.4) is 0 Å². The summed E-state index contributed by atoms with van der Waals surface area (Å²) in [6.45, 7) is 2.21. The van der Waals surface area contributed by atoms with Crippen LogP contribution in [0, 0.1) is 0 Å². The monoisotopic (exact) mass is 233 g/mol. The van der Waals surface area contributed by atoms with Crippen molar-refractivity contribution in [1.82, 2.24) is 5.09 Å². The van der Waals surface area contributed by atoms with Gasteiger partial charge in [0, 0.05) is 6.54 Å². The number of hydrogen-bond acceptors (Lipinski definition) is 3. The first-order chi connectivity index (χ1) is 5.48. The van der Waals surface area contributed by atoms with Crippen molar-refractivity contribution in [3.63, 3.8) is 0 Å². The van der Waals surface area contributed by atoms with Crippen LogP contribution >= 0.6 is 16.0 Å². The van der Waals surface area contributed by atoms with Gasteiger partial charge in [-0.15, -0.1) is 0 Å². The molecule has 0 fully saturated rings. The zero-order chi connectivity index (χ0) is 9.61. The molecule has 8 heteroatoms. The van der Waals surface area contributed by atoms with E-state index in [-0.39, 0.29) is 7.43 Å². The van der Waals surface area contributed by atoms with Crippen molar-refractivity contribution in [1.29, 1.82) is 0 Å². The summed E-state index contributed by atoms with van der Waals surface area (Å²) in [6, 6.07) is 0. The van der Waals surface area contributed by atoms with E-state index < -0.39 is 16.0 Å². The maximum atomic E-state index is 10.8. The van der Waals surface area contributed by atoms with Gasteiger partial charge in [0.15, 0.2) is 0 Å². The topological polar surface area (TPSA) is 95.9 Å². The summed E-state index contributed by atoms with van der Waals surface area (Å²) in [5.41, 5.74) is 0. The maximum absolute atomic E-state index is 10.8. The lowest BCUT2D eigenvalue weighted by Gasteiger charge is -2.09. The predicted molar refractivity (Wildman–Crippen MR) is 51.8 cm³/mol. The number of unbranched alkanes of at least 4 members (excludes halogenated alkanes) is 1. The Morgan fingerprint density at radius 2 is 2.15 bits per heavy atom. The van der Waals surface area contributed by atoms with Gasteiger partial charge in [0.1, 0.15) is 0 Å². The Balaban J connectivity index is 0. The molecule has 0 aliphatic rings. The zero-order valence-corrected chi connectivity index (χ0v) is 8.58. The minimum atomic E-state index is -4.05. The van der Waals surface area contributed by atoms with E-state index in [1.807, 2.05) is 6.92 Å². The first-order valence-corrected chi connectivity index (χ1v) is 6.32. The zero-order valence-electron chi connectivity index (χ0n) is 6.69. The molecule has 0 radical (unpaired) electrons. The van der Waals surface area contributed by atoms with Crippen molar-refractivity contribution in [3.8, 4) is 0 Å². The predicted octanol–water partition coefficient (Wildman–Crippen LogP) is 1.51. The Morgan fingerprint density at radius 3 is 2.54 bits per heavy atom. The molecule has 82 valence electrons. The fraction of sp³-hybridized carbons (Fsp3) is 1.00. The lowest BCUT2D eigenvalue weighted by molar-refractivity contribution is 0.339. The summed E-state index contributed by atoms with van der Waals surface area (Å²) in [5.74, 6) is 0. The number of hydrogen-bond donors (Lipinski definition) is 3. The van der Waals surface area contributed by atoms with E-state index in [9.17, 15) is 9.13 Å². The molecule has 0 heterocycles. The van der Waals surface area contributed by atoms with E-state index in [1.165, 1.54) is 0 Å². The molecule has 0 saturated carbocycles. The van der Waals surface area contributed by atoms with E-state index in [0.29, 0.717) is 13.0 Å². The third-order valence-corrected chi connectivity index (χ3v) is 3.28. The Kier molecular flexibility index (Phi) is 9.31. The van der Waals surface area contributed by atoms with Crippen molar-refractivity contribution >= 4 is 16.0 Å². The van der Waals surface area contributed by atoms with Gasteiger partial charge in [0.25, 0.3) is 0 Å². The summed E-state index contributed by atoms with van der Waals surface area (Å²) in [4.78, 5) is 17.0. The van der Waals surface area contributed by atoms with Gasteiger partial charge >= 0.3 is 16.0 Å². The molecular formula is C5H17NO5P2. The van der Waals surface area contributed by atoms with E-state index in [2.05, 4.69) is 9.40 Å². The molecule has 0 spiro atoms. The Labute approximate surface area is 78.9 Å². The van der Waals surface area contributed by atoms with E-state index >= 15 is 0 Å². The second-order valence-electron chi connectivity index (χ2n) is 2.14. The second-order valence-corrected chi connectivity index (χ2v) is 4.76. The van der Waals surface area contributed by atoms with Gasteiger partial charge in [0.05, 0.1) is 0 Å². The van der Waals surface area contributed by atoms with E-state index in [0.717, 1.165) is 6.42 Å². The molecule has 0 aliphatic heterocycles. The van der Waals surface area contributed by atoms with Gasteiger partial charge in [-0.3, -0.25) is 4.57 Å². The largest absolute Gasteiger partial charge is 0.409 e. The van der Waals surface area contributed by atoms with Crippen LogP contribution < -0.4 is 5.09 Å². The minimum Gasteiger partial charge on any atom is -0.326 e. The molecule has 0 bridgehead atoms. The number of rotatable bonds is 6. The van der Waals surface area contributed by atoms with Gasteiger partial charge < -0.3 is 9.79 Å². The Morgan fingerprint density at radius 1 is 1.62 bits per heavy atom. The average molecular weight is 233 g/mol. The van der Waals surface area contributed by atoms with Gasteiger partial charge in [-0.2, -0.15) is 0 Å². The third-order valence-electron chi connectivity index (χ3n) is 1.04. The van der Waals surface area contributed by atoms with Gasteiger partial charge in [0.2, 0.25) is 0 Å². The Bertz CT molecular complexity index is 197. The average Bonchev–Trinajstić information content (AvgIpc) is 1.84. The highest BCUT2D eigenvalue weighted by Gasteiger charge is 2.20.